The van der Waals surface area contributed by atoms with Gasteiger partial charge in [0, 0.05) is 12.1 Å². The van der Waals surface area contributed by atoms with E-state index in [0.717, 1.165) is 12.1 Å². The summed E-state index contributed by atoms with van der Waals surface area (Å²) in [5.41, 5.74) is 4.84. The maximum atomic E-state index is 13.4. The fraction of sp³-hybridized carbons (Fsp3) is 0.500. The van der Waals surface area contributed by atoms with Crippen molar-refractivity contribution in [3.63, 3.8) is 0 Å². The molecule has 20 heavy (non-hydrogen) atoms. The van der Waals surface area contributed by atoms with Gasteiger partial charge in [-0.1, -0.05) is 19.9 Å². The van der Waals surface area contributed by atoms with Gasteiger partial charge in [-0.25, -0.2) is 8.78 Å². The molecule has 0 spiro atoms. The molecule has 1 rings (SSSR count). The number of rotatable bonds is 5. The van der Waals surface area contributed by atoms with Gasteiger partial charge in [-0.3, -0.25) is 4.79 Å². The lowest BCUT2D eigenvalue weighted by Crippen LogP contribution is -2.55. The van der Waals surface area contributed by atoms with Crippen molar-refractivity contribution < 1.29 is 13.6 Å². The van der Waals surface area contributed by atoms with E-state index in [1.54, 1.807) is 0 Å². The Bertz CT molecular complexity index is 448. The first-order valence-corrected chi connectivity index (χ1v) is 6.24. The van der Waals surface area contributed by atoms with Crippen LogP contribution in [0.15, 0.2) is 18.2 Å². The molecule has 0 heterocycles. The third-order valence-electron chi connectivity index (χ3n) is 3.52. The maximum absolute atomic E-state index is 13.4. The number of carbonyl (C=O) groups is 1. The average molecular weight is 307 g/mol. The molecule has 114 valence electrons. The first-order valence-electron chi connectivity index (χ1n) is 6.24. The zero-order valence-electron chi connectivity index (χ0n) is 11.9. The molecule has 0 saturated heterocycles. The second kappa shape index (κ2) is 7.55. The van der Waals surface area contributed by atoms with E-state index in [-0.39, 0.29) is 36.9 Å². The van der Waals surface area contributed by atoms with Crippen molar-refractivity contribution >= 4 is 18.3 Å². The SMILES string of the molecule is CC(C)C(C)(CN)NC(=O)Cc1c(F)cccc1F.Cl. The third kappa shape index (κ3) is 4.42. The Morgan fingerprint density at radius 3 is 2.25 bits per heavy atom. The van der Waals surface area contributed by atoms with Crippen molar-refractivity contribution in [2.75, 3.05) is 6.54 Å². The molecule has 1 aromatic carbocycles. The predicted molar refractivity (Wildman–Crippen MR) is 77.8 cm³/mol. The second-order valence-corrected chi connectivity index (χ2v) is 5.20. The molecule has 0 bridgehead atoms. The summed E-state index contributed by atoms with van der Waals surface area (Å²) >= 11 is 0. The van der Waals surface area contributed by atoms with Crippen LogP contribution in [0.3, 0.4) is 0 Å². The molecule has 0 radical (unpaired) electrons. The summed E-state index contributed by atoms with van der Waals surface area (Å²) < 4.78 is 26.9. The standard InChI is InChI=1S/C14H20F2N2O.ClH/c1-9(2)14(3,8-17)18-13(19)7-10-11(15)5-4-6-12(10)16;/h4-6,9H,7-8,17H2,1-3H3,(H,18,19);1H. The van der Waals surface area contributed by atoms with Crippen molar-refractivity contribution in [1.82, 2.24) is 5.32 Å². The van der Waals surface area contributed by atoms with Crippen LogP contribution in [0.2, 0.25) is 0 Å². The molecule has 0 fully saturated rings. The van der Waals surface area contributed by atoms with Crippen molar-refractivity contribution in [2.45, 2.75) is 32.7 Å². The molecule has 0 aliphatic heterocycles. The summed E-state index contributed by atoms with van der Waals surface area (Å²) in [5, 5.41) is 2.75. The quantitative estimate of drug-likeness (QED) is 0.878. The van der Waals surface area contributed by atoms with E-state index in [0.29, 0.717) is 0 Å². The number of hydrogen-bond donors (Lipinski definition) is 2. The van der Waals surface area contributed by atoms with E-state index in [1.807, 2.05) is 20.8 Å². The third-order valence-corrected chi connectivity index (χ3v) is 3.52. The molecule has 1 unspecified atom stereocenters. The van der Waals surface area contributed by atoms with E-state index in [9.17, 15) is 13.6 Å². The van der Waals surface area contributed by atoms with Crippen molar-refractivity contribution in [3.8, 4) is 0 Å². The Balaban J connectivity index is 0.00000361. The molecule has 1 atom stereocenters. The first kappa shape index (κ1) is 18.8. The van der Waals surface area contributed by atoms with Crippen LogP contribution in [-0.4, -0.2) is 18.0 Å². The van der Waals surface area contributed by atoms with Crippen LogP contribution in [0.1, 0.15) is 26.3 Å². The molecule has 0 aliphatic carbocycles. The summed E-state index contributed by atoms with van der Waals surface area (Å²) in [6.07, 6.45) is -0.333. The monoisotopic (exact) mass is 306 g/mol. The first-order chi connectivity index (χ1) is 8.80. The number of hydrogen-bond acceptors (Lipinski definition) is 2. The predicted octanol–water partition coefficient (Wildman–Crippen LogP) is 2.42. The van der Waals surface area contributed by atoms with Crippen LogP contribution in [0.25, 0.3) is 0 Å². The summed E-state index contributed by atoms with van der Waals surface area (Å²) in [6.45, 7) is 5.93. The van der Waals surface area contributed by atoms with E-state index in [2.05, 4.69) is 5.32 Å². The van der Waals surface area contributed by atoms with Crippen LogP contribution in [0.4, 0.5) is 8.78 Å². The minimum atomic E-state index is -0.714. The van der Waals surface area contributed by atoms with Crippen LogP contribution < -0.4 is 11.1 Å². The fourth-order valence-corrected chi connectivity index (χ4v) is 1.66. The molecule has 1 aromatic rings. The minimum absolute atomic E-state index is 0. The largest absolute Gasteiger partial charge is 0.349 e. The molecule has 0 aliphatic rings. The zero-order chi connectivity index (χ0) is 14.6. The van der Waals surface area contributed by atoms with Gasteiger partial charge in [0.2, 0.25) is 5.91 Å². The fourth-order valence-electron chi connectivity index (χ4n) is 1.66. The van der Waals surface area contributed by atoms with Gasteiger partial charge in [0.25, 0.3) is 0 Å². The highest BCUT2D eigenvalue weighted by Gasteiger charge is 2.29. The molecule has 3 N–H and O–H groups in total. The second-order valence-electron chi connectivity index (χ2n) is 5.20. The van der Waals surface area contributed by atoms with Crippen LogP contribution in [0.5, 0.6) is 0 Å². The van der Waals surface area contributed by atoms with Gasteiger partial charge in [-0.15, -0.1) is 12.4 Å². The number of benzene rings is 1. The maximum Gasteiger partial charge on any atom is 0.225 e. The molecular weight excluding hydrogens is 286 g/mol. The van der Waals surface area contributed by atoms with Crippen molar-refractivity contribution in [3.05, 3.63) is 35.4 Å². The summed E-state index contributed by atoms with van der Waals surface area (Å²) in [4.78, 5) is 11.9. The normalized spacial score (nSPS) is 13.6. The van der Waals surface area contributed by atoms with Gasteiger partial charge < -0.3 is 11.1 Å². The molecule has 0 saturated carbocycles. The van der Waals surface area contributed by atoms with E-state index in [1.165, 1.54) is 6.07 Å². The van der Waals surface area contributed by atoms with Gasteiger partial charge >= 0.3 is 0 Å². The van der Waals surface area contributed by atoms with E-state index >= 15 is 0 Å². The molecular formula is C14H21ClF2N2O. The number of nitrogens with one attached hydrogen (secondary N) is 1. The zero-order valence-corrected chi connectivity index (χ0v) is 12.7. The highest BCUT2D eigenvalue weighted by Crippen LogP contribution is 2.17. The van der Waals surface area contributed by atoms with Gasteiger partial charge in [0.1, 0.15) is 11.6 Å². The number of amides is 1. The van der Waals surface area contributed by atoms with E-state index < -0.39 is 23.1 Å². The van der Waals surface area contributed by atoms with Crippen LogP contribution in [0, 0.1) is 17.6 Å². The molecule has 3 nitrogen and oxygen atoms in total. The smallest absolute Gasteiger partial charge is 0.225 e. The lowest BCUT2D eigenvalue weighted by Gasteiger charge is -2.33. The highest BCUT2D eigenvalue weighted by molar-refractivity contribution is 5.85. The number of halogens is 3. The van der Waals surface area contributed by atoms with Gasteiger partial charge in [-0.2, -0.15) is 0 Å². The molecule has 0 aromatic heterocycles. The summed E-state index contributed by atoms with van der Waals surface area (Å²) in [7, 11) is 0. The lowest BCUT2D eigenvalue weighted by atomic mass is 9.88. The van der Waals surface area contributed by atoms with Crippen molar-refractivity contribution in [1.29, 1.82) is 0 Å². The Labute approximate surface area is 124 Å². The molecule has 6 heteroatoms. The van der Waals surface area contributed by atoms with Crippen molar-refractivity contribution in [2.24, 2.45) is 11.7 Å². The Morgan fingerprint density at radius 1 is 1.35 bits per heavy atom. The minimum Gasteiger partial charge on any atom is -0.349 e. The number of nitrogens with two attached hydrogens (primary N) is 1. The topological polar surface area (TPSA) is 55.1 Å². The van der Waals surface area contributed by atoms with Crippen LogP contribution >= 0.6 is 12.4 Å². The average Bonchev–Trinajstić information content (AvgIpc) is 2.33. The van der Waals surface area contributed by atoms with Gasteiger partial charge in [0.05, 0.1) is 12.0 Å². The number of carbonyl (C=O) groups excluding carboxylic acids is 1. The van der Waals surface area contributed by atoms with Crippen LogP contribution in [-0.2, 0) is 11.2 Å². The Hall–Kier alpha value is -1.20. The lowest BCUT2D eigenvalue weighted by molar-refractivity contribution is -0.122. The molecule has 1 amide bonds. The van der Waals surface area contributed by atoms with Gasteiger partial charge in [-0.05, 0) is 25.0 Å². The Morgan fingerprint density at radius 2 is 1.85 bits per heavy atom. The summed E-state index contributed by atoms with van der Waals surface area (Å²) in [5.74, 6) is -1.75. The van der Waals surface area contributed by atoms with E-state index in [4.69, 9.17) is 5.73 Å². The Kier molecular flexibility index (Phi) is 7.09. The highest BCUT2D eigenvalue weighted by atomic mass is 35.5. The van der Waals surface area contributed by atoms with Gasteiger partial charge in [0.15, 0.2) is 0 Å². The summed E-state index contributed by atoms with van der Waals surface area (Å²) in [6, 6.07) is 3.54.